The number of rotatable bonds is 1. The highest BCUT2D eigenvalue weighted by Gasteiger charge is 2.06. The second-order valence-electron chi connectivity index (χ2n) is 3.38. The molecule has 2 nitrogen and oxygen atoms in total. The van der Waals surface area contributed by atoms with Gasteiger partial charge in [-0.15, -0.1) is 0 Å². The number of hydrogen-bond acceptors (Lipinski definition) is 2. The zero-order chi connectivity index (χ0) is 11.0. The fourth-order valence-corrected chi connectivity index (χ4v) is 2.03. The van der Waals surface area contributed by atoms with Crippen LogP contribution in [0, 0.1) is 6.92 Å². The molecule has 15 heavy (non-hydrogen) atoms. The second kappa shape index (κ2) is 3.97. The summed E-state index contributed by atoms with van der Waals surface area (Å²) in [6.07, 6.45) is 0. The molecular formula is C11H9Cl2NO. The van der Waals surface area contributed by atoms with Gasteiger partial charge in [-0.1, -0.05) is 23.2 Å². The molecule has 0 amide bonds. The minimum atomic E-state index is -0.00636. The Morgan fingerprint density at radius 1 is 1.27 bits per heavy atom. The minimum absolute atomic E-state index is 0.00636. The van der Waals surface area contributed by atoms with E-state index >= 15 is 0 Å². The van der Waals surface area contributed by atoms with Crippen LogP contribution in [0.5, 0.6) is 0 Å². The Morgan fingerprint density at radius 2 is 2.00 bits per heavy atom. The van der Waals surface area contributed by atoms with Gasteiger partial charge in [0.25, 0.3) is 0 Å². The molecule has 0 aliphatic carbocycles. The van der Waals surface area contributed by atoms with Crippen LogP contribution in [0.3, 0.4) is 0 Å². The zero-order valence-electron chi connectivity index (χ0n) is 8.09. The van der Waals surface area contributed by atoms with Gasteiger partial charge in [-0.25, -0.2) is 4.98 Å². The van der Waals surface area contributed by atoms with Crippen molar-refractivity contribution in [3.8, 4) is 0 Å². The van der Waals surface area contributed by atoms with E-state index in [1.807, 2.05) is 19.1 Å². The fraction of sp³-hybridized carbons (Fsp3) is 0.182. The van der Waals surface area contributed by atoms with Crippen LogP contribution in [0.25, 0.3) is 10.9 Å². The van der Waals surface area contributed by atoms with Crippen molar-refractivity contribution in [2.24, 2.45) is 0 Å². The SMILES string of the molecule is Cc1cc2c(Cl)cc(Cl)nc2cc1CO. The van der Waals surface area contributed by atoms with Crippen molar-refractivity contribution in [2.45, 2.75) is 13.5 Å². The maximum absolute atomic E-state index is 9.12. The van der Waals surface area contributed by atoms with Gasteiger partial charge >= 0.3 is 0 Å². The summed E-state index contributed by atoms with van der Waals surface area (Å²) in [5.41, 5.74) is 2.55. The van der Waals surface area contributed by atoms with Crippen molar-refractivity contribution in [1.29, 1.82) is 0 Å². The molecule has 0 aliphatic heterocycles. The summed E-state index contributed by atoms with van der Waals surface area (Å²) in [6.45, 7) is 1.92. The molecule has 2 rings (SSSR count). The Labute approximate surface area is 97.5 Å². The fourth-order valence-electron chi connectivity index (χ4n) is 1.52. The molecule has 2 aromatic rings. The summed E-state index contributed by atoms with van der Waals surface area (Å²) in [5.74, 6) is 0. The maximum atomic E-state index is 9.12. The summed E-state index contributed by atoms with van der Waals surface area (Å²) in [5, 5.41) is 10.9. The molecule has 1 N–H and O–H groups in total. The van der Waals surface area contributed by atoms with Gasteiger partial charge in [0, 0.05) is 5.39 Å². The number of aliphatic hydroxyl groups excluding tert-OH is 1. The minimum Gasteiger partial charge on any atom is -0.392 e. The number of aliphatic hydroxyl groups is 1. The molecule has 1 aromatic heterocycles. The standard InChI is InChI=1S/C11H9Cl2NO/c1-6-2-8-9(12)4-11(13)14-10(8)3-7(6)5-15/h2-4,15H,5H2,1H3. The van der Waals surface area contributed by atoms with Crippen LogP contribution in [-0.2, 0) is 6.61 Å². The topological polar surface area (TPSA) is 33.1 Å². The highest BCUT2D eigenvalue weighted by molar-refractivity contribution is 6.37. The Hall–Kier alpha value is -0.830. The quantitative estimate of drug-likeness (QED) is 0.778. The highest BCUT2D eigenvalue weighted by atomic mass is 35.5. The summed E-state index contributed by atoms with van der Waals surface area (Å²) >= 11 is 11.8. The number of pyridine rings is 1. The monoisotopic (exact) mass is 241 g/mol. The van der Waals surface area contributed by atoms with Crippen LogP contribution in [0.15, 0.2) is 18.2 Å². The molecule has 0 radical (unpaired) electrons. The molecule has 0 fully saturated rings. The number of hydrogen-bond donors (Lipinski definition) is 1. The van der Waals surface area contributed by atoms with Gasteiger partial charge in [0.05, 0.1) is 17.1 Å². The van der Waals surface area contributed by atoms with E-state index in [1.165, 1.54) is 0 Å². The van der Waals surface area contributed by atoms with Gasteiger partial charge in [-0.3, -0.25) is 0 Å². The first kappa shape index (κ1) is 10.7. The average molecular weight is 242 g/mol. The first-order valence-corrected chi connectivity index (χ1v) is 5.23. The first-order valence-electron chi connectivity index (χ1n) is 4.48. The highest BCUT2D eigenvalue weighted by Crippen LogP contribution is 2.27. The van der Waals surface area contributed by atoms with Crippen molar-refractivity contribution in [3.63, 3.8) is 0 Å². The summed E-state index contributed by atoms with van der Waals surface area (Å²) < 4.78 is 0. The third-order valence-corrected chi connectivity index (χ3v) is 2.86. The van der Waals surface area contributed by atoms with Gasteiger partial charge < -0.3 is 5.11 Å². The average Bonchev–Trinajstić information content (AvgIpc) is 2.18. The van der Waals surface area contributed by atoms with E-state index in [9.17, 15) is 0 Å². The van der Waals surface area contributed by atoms with E-state index in [0.717, 1.165) is 16.5 Å². The summed E-state index contributed by atoms with van der Waals surface area (Å²) in [7, 11) is 0. The summed E-state index contributed by atoms with van der Waals surface area (Å²) in [4.78, 5) is 4.16. The molecule has 0 saturated carbocycles. The van der Waals surface area contributed by atoms with Gasteiger partial charge in [0.1, 0.15) is 5.15 Å². The van der Waals surface area contributed by atoms with E-state index in [-0.39, 0.29) is 6.61 Å². The number of benzene rings is 1. The molecule has 0 aliphatic rings. The molecule has 0 unspecified atom stereocenters. The first-order chi connectivity index (χ1) is 7.11. The van der Waals surface area contributed by atoms with Crippen LogP contribution < -0.4 is 0 Å². The van der Waals surface area contributed by atoms with Gasteiger partial charge in [-0.2, -0.15) is 0 Å². The zero-order valence-corrected chi connectivity index (χ0v) is 9.60. The lowest BCUT2D eigenvalue weighted by atomic mass is 10.1. The third kappa shape index (κ3) is 1.93. The Morgan fingerprint density at radius 3 is 2.67 bits per heavy atom. The molecule has 0 atom stereocenters. The number of aromatic nitrogens is 1. The largest absolute Gasteiger partial charge is 0.392 e. The Balaban J connectivity index is 2.81. The molecular weight excluding hydrogens is 233 g/mol. The van der Waals surface area contributed by atoms with Crippen molar-refractivity contribution in [1.82, 2.24) is 4.98 Å². The normalized spacial score (nSPS) is 10.9. The van der Waals surface area contributed by atoms with Crippen LogP contribution in [0.1, 0.15) is 11.1 Å². The van der Waals surface area contributed by atoms with Crippen LogP contribution in [0.2, 0.25) is 10.2 Å². The van der Waals surface area contributed by atoms with Crippen molar-refractivity contribution in [2.75, 3.05) is 0 Å². The molecule has 0 saturated heterocycles. The van der Waals surface area contributed by atoms with Gasteiger partial charge in [0.15, 0.2) is 0 Å². The second-order valence-corrected chi connectivity index (χ2v) is 4.18. The lowest BCUT2D eigenvalue weighted by Gasteiger charge is -2.06. The Kier molecular flexibility index (Phi) is 2.83. The van der Waals surface area contributed by atoms with Gasteiger partial charge in [-0.05, 0) is 36.2 Å². The summed E-state index contributed by atoms with van der Waals surface area (Å²) in [6, 6.07) is 5.33. The van der Waals surface area contributed by atoms with E-state index < -0.39 is 0 Å². The van der Waals surface area contributed by atoms with Crippen molar-refractivity contribution in [3.05, 3.63) is 39.5 Å². The molecule has 0 spiro atoms. The molecule has 4 heteroatoms. The predicted octanol–water partition coefficient (Wildman–Crippen LogP) is 3.34. The number of fused-ring (bicyclic) bond motifs is 1. The van der Waals surface area contributed by atoms with Crippen LogP contribution in [0.4, 0.5) is 0 Å². The van der Waals surface area contributed by atoms with E-state index in [0.29, 0.717) is 15.7 Å². The van der Waals surface area contributed by atoms with E-state index in [1.54, 1.807) is 6.07 Å². The third-order valence-electron chi connectivity index (χ3n) is 2.35. The Bertz CT molecular complexity index is 525. The maximum Gasteiger partial charge on any atom is 0.131 e. The lowest BCUT2D eigenvalue weighted by Crippen LogP contribution is -1.91. The molecule has 1 aromatic carbocycles. The number of aryl methyl sites for hydroxylation is 1. The number of nitrogens with zero attached hydrogens (tertiary/aromatic N) is 1. The predicted molar refractivity (Wildman–Crippen MR) is 62.4 cm³/mol. The lowest BCUT2D eigenvalue weighted by molar-refractivity contribution is 0.281. The van der Waals surface area contributed by atoms with Gasteiger partial charge in [0.2, 0.25) is 0 Å². The molecule has 78 valence electrons. The molecule has 0 bridgehead atoms. The van der Waals surface area contributed by atoms with E-state index in [4.69, 9.17) is 28.3 Å². The molecule has 1 heterocycles. The van der Waals surface area contributed by atoms with E-state index in [2.05, 4.69) is 4.98 Å². The number of halogens is 2. The smallest absolute Gasteiger partial charge is 0.131 e. The van der Waals surface area contributed by atoms with Crippen LogP contribution in [-0.4, -0.2) is 10.1 Å². The van der Waals surface area contributed by atoms with Crippen LogP contribution >= 0.6 is 23.2 Å². The van der Waals surface area contributed by atoms with Crippen molar-refractivity contribution < 1.29 is 5.11 Å². The van der Waals surface area contributed by atoms with Crippen molar-refractivity contribution >= 4 is 34.1 Å².